The van der Waals surface area contributed by atoms with Crippen LogP contribution in [-0.4, -0.2) is 35.7 Å². The number of ether oxygens (including phenoxy) is 2. The van der Waals surface area contributed by atoms with Crippen molar-refractivity contribution in [1.82, 2.24) is 0 Å². The number of nitrogens with zero attached hydrogens (tertiary/aromatic N) is 1. The normalized spacial score (nSPS) is 11.9. The zero-order valence-electron chi connectivity index (χ0n) is 14.7. The number of anilines is 1. The summed E-state index contributed by atoms with van der Waals surface area (Å²) in [5.74, 6) is 1.26. The van der Waals surface area contributed by atoms with Gasteiger partial charge in [-0.05, 0) is 42.5 Å². The molecule has 2 aromatic rings. The summed E-state index contributed by atoms with van der Waals surface area (Å²) in [6, 6.07) is 9.74. The van der Waals surface area contributed by atoms with Crippen LogP contribution in [0.4, 0.5) is 18.9 Å². The van der Waals surface area contributed by atoms with Gasteiger partial charge in [0.15, 0.2) is 0 Å². The summed E-state index contributed by atoms with van der Waals surface area (Å²) in [7, 11) is -1.38. The fourth-order valence-electron chi connectivity index (χ4n) is 2.33. The molecule has 0 unspecified atom stereocenters. The average molecular weight is 404 g/mol. The number of nitrogens with two attached hydrogens (primary N) is 1. The molecule has 10 heteroatoms. The predicted octanol–water partition coefficient (Wildman–Crippen LogP) is 2.88. The number of alkyl halides is 3. The molecule has 0 aliphatic carbocycles. The maximum absolute atomic E-state index is 13.2. The van der Waals surface area contributed by atoms with E-state index in [4.69, 9.17) is 14.6 Å². The molecular weight excluding hydrogens is 385 g/mol. The largest absolute Gasteiger partial charge is 0.497 e. The molecule has 0 atom stereocenters. The first-order valence-corrected chi connectivity index (χ1v) is 9.29. The van der Waals surface area contributed by atoms with Gasteiger partial charge in [-0.25, -0.2) is 13.6 Å². The van der Waals surface area contributed by atoms with Gasteiger partial charge in [-0.3, -0.25) is 0 Å². The molecule has 6 nitrogen and oxygen atoms in total. The highest BCUT2D eigenvalue weighted by Crippen LogP contribution is 2.36. The van der Waals surface area contributed by atoms with Crippen molar-refractivity contribution in [1.29, 1.82) is 0 Å². The Morgan fingerprint density at radius 1 is 1.07 bits per heavy atom. The van der Waals surface area contributed by atoms with E-state index in [2.05, 4.69) is 0 Å². The predicted molar refractivity (Wildman–Crippen MR) is 94.6 cm³/mol. The first-order chi connectivity index (χ1) is 12.5. The molecule has 0 radical (unpaired) electrons. The third kappa shape index (κ3) is 5.51. The third-order valence-electron chi connectivity index (χ3n) is 3.77. The number of rotatable bonds is 7. The highest BCUT2D eigenvalue weighted by Gasteiger charge is 2.36. The van der Waals surface area contributed by atoms with Crippen LogP contribution in [0.5, 0.6) is 11.5 Å². The zero-order chi connectivity index (χ0) is 20.2. The van der Waals surface area contributed by atoms with Gasteiger partial charge in [0.1, 0.15) is 18.1 Å². The Labute approximate surface area is 155 Å². The fourth-order valence-corrected chi connectivity index (χ4v) is 3.07. The van der Waals surface area contributed by atoms with E-state index in [0.29, 0.717) is 11.5 Å². The molecule has 0 fully saturated rings. The maximum atomic E-state index is 13.2. The smallest absolute Gasteiger partial charge is 0.417 e. The summed E-state index contributed by atoms with van der Waals surface area (Å²) in [4.78, 5) is 0.563. The van der Waals surface area contributed by atoms with E-state index < -0.39 is 26.7 Å². The van der Waals surface area contributed by atoms with E-state index in [1.54, 1.807) is 38.4 Å². The van der Waals surface area contributed by atoms with Crippen molar-refractivity contribution in [2.75, 3.05) is 32.2 Å². The molecule has 2 rings (SSSR count). The van der Waals surface area contributed by atoms with E-state index in [0.717, 1.165) is 12.1 Å². The molecule has 0 amide bonds. The lowest BCUT2D eigenvalue weighted by atomic mass is 10.2. The monoisotopic (exact) mass is 404 g/mol. The molecule has 0 saturated carbocycles. The van der Waals surface area contributed by atoms with E-state index in [1.807, 2.05) is 0 Å². The van der Waals surface area contributed by atoms with Crippen LogP contribution in [0.1, 0.15) is 5.56 Å². The Balaban J connectivity index is 2.10. The van der Waals surface area contributed by atoms with Crippen molar-refractivity contribution in [2.24, 2.45) is 5.14 Å². The maximum Gasteiger partial charge on any atom is 0.417 e. The van der Waals surface area contributed by atoms with Crippen LogP contribution in [0.2, 0.25) is 0 Å². The van der Waals surface area contributed by atoms with Crippen molar-refractivity contribution < 1.29 is 31.1 Å². The fraction of sp³-hybridized carbons (Fsp3) is 0.294. The number of methoxy groups -OCH3 is 1. The van der Waals surface area contributed by atoms with Gasteiger partial charge in [0.25, 0.3) is 0 Å². The van der Waals surface area contributed by atoms with Gasteiger partial charge in [0.2, 0.25) is 10.0 Å². The topological polar surface area (TPSA) is 81.9 Å². The molecule has 148 valence electrons. The van der Waals surface area contributed by atoms with E-state index in [9.17, 15) is 21.6 Å². The van der Waals surface area contributed by atoms with Crippen molar-refractivity contribution >= 4 is 15.7 Å². The van der Waals surface area contributed by atoms with Gasteiger partial charge in [-0.15, -0.1) is 0 Å². The SMILES string of the molecule is COc1ccc(OCCN(C)c2ccc(S(N)(=O)=O)c(C(F)(F)F)c2)cc1. The van der Waals surface area contributed by atoms with Crippen LogP contribution < -0.4 is 19.5 Å². The molecule has 0 aromatic heterocycles. The quantitative estimate of drug-likeness (QED) is 0.768. The van der Waals surface area contributed by atoms with Crippen molar-refractivity contribution in [3.05, 3.63) is 48.0 Å². The first kappa shape index (κ1) is 20.8. The van der Waals surface area contributed by atoms with Crippen LogP contribution >= 0.6 is 0 Å². The number of likely N-dealkylation sites (N-methyl/N-ethyl adjacent to an activating group) is 1. The lowest BCUT2D eigenvalue weighted by Gasteiger charge is -2.22. The van der Waals surface area contributed by atoms with Crippen molar-refractivity contribution in [3.8, 4) is 11.5 Å². The Kier molecular flexibility index (Phi) is 6.22. The summed E-state index contributed by atoms with van der Waals surface area (Å²) in [5, 5.41) is 4.88. The molecule has 0 saturated heterocycles. The van der Waals surface area contributed by atoms with Crippen LogP contribution in [0.25, 0.3) is 0 Å². The van der Waals surface area contributed by atoms with Gasteiger partial charge >= 0.3 is 6.18 Å². The van der Waals surface area contributed by atoms with Gasteiger partial charge < -0.3 is 14.4 Å². The number of hydrogen-bond acceptors (Lipinski definition) is 5. The second kappa shape index (κ2) is 8.05. The van der Waals surface area contributed by atoms with E-state index in [1.165, 1.54) is 11.0 Å². The third-order valence-corrected chi connectivity index (χ3v) is 4.74. The lowest BCUT2D eigenvalue weighted by Crippen LogP contribution is -2.25. The summed E-state index contributed by atoms with van der Waals surface area (Å²) in [6.45, 7) is 0.485. The highest BCUT2D eigenvalue weighted by atomic mass is 32.2. The number of hydrogen-bond donors (Lipinski definition) is 1. The second-order valence-corrected chi connectivity index (χ2v) is 7.20. The Morgan fingerprint density at radius 3 is 2.19 bits per heavy atom. The van der Waals surface area contributed by atoms with E-state index in [-0.39, 0.29) is 18.8 Å². The highest BCUT2D eigenvalue weighted by molar-refractivity contribution is 7.89. The van der Waals surface area contributed by atoms with Crippen molar-refractivity contribution in [2.45, 2.75) is 11.1 Å². The van der Waals surface area contributed by atoms with Crippen LogP contribution in [0.3, 0.4) is 0 Å². The average Bonchev–Trinajstić information content (AvgIpc) is 2.60. The molecule has 0 bridgehead atoms. The van der Waals surface area contributed by atoms with Crippen LogP contribution in [0, 0.1) is 0 Å². The van der Waals surface area contributed by atoms with Gasteiger partial charge in [-0.2, -0.15) is 13.2 Å². The Morgan fingerprint density at radius 2 is 1.67 bits per heavy atom. The molecule has 0 aliphatic heterocycles. The van der Waals surface area contributed by atoms with Crippen LogP contribution in [0.15, 0.2) is 47.4 Å². The minimum absolute atomic E-state index is 0.188. The molecule has 27 heavy (non-hydrogen) atoms. The minimum atomic E-state index is -4.85. The number of benzene rings is 2. The van der Waals surface area contributed by atoms with Gasteiger partial charge in [0.05, 0.1) is 24.1 Å². The molecular formula is C17H19F3N2O4S. The summed E-state index contributed by atoms with van der Waals surface area (Å²) < 4.78 is 72.9. The molecule has 0 aliphatic rings. The Hall–Kier alpha value is -2.46. The second-order valence-electron chi connectivity index (χ2n) is 5.67. The van der Waals surface area contributed by atoms with Crippen LogP contribution in [-0.2, 0) is 16.2 Å². The molecule has 0 heterocycles. The summed E-state index contributed by atoms with van der Waals surface area (Å²) >= 11 is 0. The van der Waals surface area contributed by atoms with Crippen molar-refractivity contribution in [3.63, 3.8) is 0 Å². The van der Waals surface area contributed by atoms with Gasteiger partial charge in [0, 0.05) is 12.7 Å². The number of primary sulfonamides is 1. The molecule has 2 aromatic carbocycles. The van der Waals surface area contributed by atoms with E-state index >= 15 is 0 Å². The summed E-state index contributed by atoms with van der Waals surface area (Å²) in [6.07, 6.45) is -4.85. The van der Waals surface area contributed by atoms with Gasteiger partial charge in [-0.1, -0.05) is 0 Å². The summed E-state index contributed by atoms with van der Waals surface area (Å²) in [5.41, 5.74) is -1.11. The molecule has 0 spiro atoms. The zero-order valence-corrected chi connectivity index (χ0v) is 15.5. The minimum Gasteiger partial charge on any atom is -0.497 e. The molecule has 2 N–H and O–H groups in total. The number of halogens is 3. The first-order valence-electron chi connectivity index (χ1n) is 7.74. The standard InChI is InChI=1S/C17H19F3N2O4S/c1-22(9-10-26-14-6-4-13(25-2)5-7-14)12-3-8-16(27(21,23)24)15(11-12)17(18,19)20/h3-8,11H,9-10H2,1-2H3,(H2,21,23,24). The lowest BCUT2D eigenvalue weighted by molar-refractivity contribution is -0.139. The Bertz CT molecular complexity index is 884. The number of sulfonamides is 1.